The average Bonchev–Trinajstić information content (AvgIpc) is 3.32. The third-order valence-corrected chi connectivity index (χ3v) is 8.97. The summed E-state index contributed by atoms with van der Waals surface area (Å²) in [6.45, 7) is 6.99. The zero-order valence-corrected chi connectivity index (χ0v) is 25.0. The Bertz CT molecular complexity index is 1900. The third-order valence-electron chi connectivity index (χ3n) is 8.74. The van der Waals surface area contributed by atoms with Gasteiger partial charge in [0.25, 0.3) is 0 Å². The Morgan fingerprint density at radius 3 is 1.74 bits per heavy atom. The normalized spacial score (nSPS) is 15.7. The molecule has 1 aliphatic carbocycles. The van der Waals surface area contributed by atoms with Gasteiger partial charge in [-0.05, 0) is 84.8 Å². The number of fused-ring (bicyclic) bond motifs is 3. The van der Waals surface area contributed by atoms with Crippen LogP contribution < -0.4 is 0 Å². The Morgan fingerprint density at radius 2 is 1.07 bits per heavy atom. The summed E-state index contributed by atoms with van der Waals surface area (Å²) in [6.07, 6.45) is 0. The van der Waals surface area contributed by atoms with Crippen molar-refractivity contribution >= 4 is 11.6 Å². The molecular formula is C41H33Cl. The van der Waals surface area contributed by atoms with E-state index >= 15 is 0 Å². The van der Waals surface area contributed by atoms with Crippen LogP contribution in [0.3, 0.4) is 0 Å². The van der Waals surface area contributed by atoms with Gasteiger partial charge in [0.05, 0.1) is 5.41 Å². The van der Waals surface area contributed by atoms with Crippen LogP contribution in [-0.4, -0.2) is 0 Å². The van der Waals surface area contributed by atoms with Crippen molar-refractivity contribution in [1.29, 1.82) is 0 Å². The Morgan fingerprint density at radius 1 is 0.500 bits per heavy atom. The maximum Gasteiger partial charge on any atom is 0.0717 e. The first-order chi connectivity index (χ1) is 20.4. The summed E-state index contributed by atoms with van der Waals surface area (Å²) in [6, 6.07) is 52.8. The number of halogens is 1. The van der Waals surface area contributed by atoms with Gasteiger partial charge in [0.1, 0.15) is 0 Å². The molecule has 1 heteroatoms. The van der Waals surface area contributed by atoms with Crippen molar-refractivity contribution in [3.63, 3.8) is 0 Å². The monoisotopic (exact) mass is 560 g/mol. The van der Waals surface area contributed by atoms with Crippen molar-refractivity contribution in [3.05, 3.63) is 178 Å². The van der Waals surface area contributed by atoms with Crippen LogP contribution in [0.15, 0.2) is 146 Å². The second-order valence-electron chi connectivity index (χ2n) is 12.3. The second kappa shape index (κ2) is 10.2. The first-order valence-electron chi connectivity index (χ1n) is 14.6. The lowest BCUT2D eigenvalue weighted by Crippen LogP contribution is -2.32. The lowest BCUT2D eigenvalue weighted by Gasteiger charge is -2.38. The first kappa shape index (κ1) is 26.5. The largest absolute Gasteiger partial charge is 0.0843 e. The van der Waals surface area contributed by atoms with E-state index in [1.165, 1.54) is 61.2 Å². The van der Waals surface area contributed by atoms with Crippen LogP contribution in [0.5, 0.6) is 0 Å². The molecule has 0 radical (unpaired) electrons. The molecule has 0 aromatic heterocycles. The van der Waals surface area contributed by atoms with Gasteiger partial charge in [0.2, 0.25) is 0 Å². The molecule has 0 amide bonds. The van der Waals surface area contributed by atoms with Gasteiger partial charge >= 0.3 is 0 Å². The van der Waals surface area contributed by atoms with Gasteiger partial charge in [-0.1, -0.05) is 160 Å². The molecule has 0 bridgehead atoms. The van der Waals surface area contributed by atoms with Crippen LogP contribution in [0.2, 0.25) is 5.02 Å². The SMILES string of the molecule is CC(C)(C)c1ccc(-c2ccccc2)c2c1C(c1ccccc1)(c1cccc(-c3ccccc3)c1)c1cc(Cl)ccc1-2. The molecule has 204 valence electrons. The van der Waals surface area contributed by atoms with Gasteiger partial charge in [-0.2, -0.15) is 0 Å². The summed E-state index contributed by atoms with van der Waals surface area (Å²) in [4.78, 5) is 0. The molecule has 0 spiro atoms. The summed E-state index contributed by atoms with van der Waals surface area (Å²) in [7, 11) is 0. The highest BCUT2D eigenvalue weighted by atomic mass is 35.5. The van der Waals surface area contributed by atoms with Crippen molar-refractivity contribution in [2.45, 2.75) is 31.6 Å². The first-order valence-corrected chi connectivity index (χ1v) is 15.0. The van der Waals surface area contributed by atoms with E-state index in [-0.39, 0.29) is 5.41 Å². The Hall–Kier alpha value is -4.39. The molecule has 0 nitrogen and oxygen atoms in total. The van der Waals surface area contributed by atoms with E-state index in [1.807, 2.05) is 6.07 Å². The highest BCUT2D eigenvalue weighted by molar-refractivity contribution is 6.30. The van der Waals surface area contributed by atoms with Crippen molar-refractivity contribution in [2.24, 2.45) is 0 Å². The molecule has 1 unspecified atom stereocenters. The molecule has 42 heavy (non-hydrogen) atoms. The van der Waals surface area contributed by atoms with Gasteiger partial charge in [-0.15, -0.1) is 0 Å². The van der Waals surface area contributed by atoms with Crippen LogP contribution in [0.25, 0.3) is 33.4 Å². The summed E-state index contributed by atoms with van der Waals surface area (Å²) in [5.74, 6) is 0. The Labute approximate surface area is 254 Å². The predicted molar refractivity (Wildman–Crippen MR) is 178 cm³/mol. The van der Waals surface area contributed by atoms with Gasteiger partial charge in [0, 0.05) is 5.02 Å². The van der Waals surface area contributed by atoms with E-state index in [4.69, 9.17) is 11.6 Å². The fraction of sp³-hybridized carbons (Fsp3) is 0.122. The zero-order chi connectivity index (χ0) is 28.9. The molecule has 0 N–H and O–H groups in total. The smallest absolute Gasteiger partial charge is 0.0717 e. The number of benzene rings is 6. The lowest BCUT2D eigenvalue weighted by atomic mass is 9.63. The van der Waals surface area contributed by atoms with E-state index in [0.29, 0.717) is 0 Å². The second-order valence-corrected chi connectivity index (χ2v) is 12.7. The van der Waals surface area contributed by atoms with E-state index in [1.54, 1.807) is 0 Å². The van der Waals surface area contributed by atoms with Crippen LogP contribution >= 0.6 is 11.6 Å². The maximum absolute atomic E-state index is 6.88. The fourth-order valence-electron chi connectivity index (χ4n) is 6.95. The van der Waals surface area contributed by atoms with Crippen LogP contribution in [0.1, 0.15) is 48.6 Å². The predicted octanol–water partition coefficient (Wildman–Crippen LogP) is 11.3. The standard InChI is InChI=1S/C41H33Cl/c1-40(2,3)36-25-24-34(29-16-9-5-10-17-29)38-35-23-22-33(42)27-37(35)41(39(36)38,31-19-11-6-12-20-31)32-21-13-18-30(26-32)28-14-7-4-8-15-28/h4-27H,1-3H3. The minimum atomic E-state index is -0.560. The highest BCUT2D eigenvalue weighted by Gasteiger charge is 2.49. The van der Waals surface area contributed by atoms with Gasteiger partial charge < -0.3 is 0 Å². The summed E-state index contributed by atoms with van der Waals surface area (Å²) in [5, 5.41) is 0.750. The van der Waals surface area contributed by atoms with E-state index in [9.17, 15) is 0 Å². The molecule has 0 saturated heterocycles. The Kier molecular flexibility index (Phi) is 6.41. The molecular weight excluding hydrogens is 528 g/mol. The number of rotatable bonds is 4. The average molecular weight is 561 g/mol. The van der Waals surface area contributed by atoms with Gasteiger partial charge in [0.15, 0.2) is 0 Å². The molecule has 1 atom stereocenters. The van der Waals surface area contributed by atoms with Crippen molar-refractivity contribution in [1.82, 2.24) is 0 Å². The maximum atomic E-state index is 6.88. The molecule has 1 aliphatic rings. The zero-order valence-electron chi connectivity index (χ0n) is 24.2. The quantitative estimate of drug-likeness (QED) is 0.201. The lowest BCUT2D eigenvalue weighted by molar-refractivity contribution is 0.572. The summed E-state index contributed by atoms with van der Waals surface area (Å²) in [5.41, 5.74) is 13.2. The van der Waals surface area contributed by atoms with Crippen LogP contribution in [0.4, 0.5) is 0 Å². The molecule has 0 aliphatic heterocycles. The minimum absolute atomic E-state index is 0.0950. The molecule has 0 heterocycles. The third kappa shape index (κ3) is 4.13. The molecule has 0 saturated carbocycles. The molecule has 0 fully saturated rings. The topological polar surface area (TPSA) is 0 Å². The van der Waals surface area contributed by atoms with Gasteiger partial charge in [-0.25, -0.2) is 0 Å². The van der Waals surface area contributed by atoms with E-state index in [2.05, 4.69) is 160 Å². The highest BCUT2D eigenvalue weighted by Crippen LogP contribution is 2.61. The number of hydrogen-bond donors (Lipinski definition) is 0. The van der Waals surface area contributed by atoms with E-state index < -0.39 is 5.41 Å². The molecule has 6 aromatic rings. The van der Waals surface area contributed by atoms with Crippen molar-refractivity contribution in [2.75, 3.05) is 0 Å². The van der Waals surface area contributed by atoms with Crippen LogP contribution in [0, 0.1) is 0 Å². The van der Waals surface area contributed by atoms with Gasteiger partial charge in [-0.3, -0.25) is 0 Å². The minimum Gasteiger partial charge on any atom is -0.0843 e. The van der Waals surface area contributed by atoms with Crippen LogP contribution in [-0.2, 0) is 10.8 Å². The summed E-state index contributed by atoms with van der Waals surface area (Å²) >= 11 is 6.88. The van der Waals surface area contributed by atoms with Crippen molar-refractivity contribution in [3.8, 4) is 33.4 Å². The van der Waals surface area contributed by atoms with E-state index in [0.717, 1.165) is 5.02 Å². The van der Waals surface area contributed by atoms with Crippen molar-refractivity contribution < 1.29 is 0 Å². The summed E-state index contributed by atoms with van der Waals surface area (Å²) < 4.78 is 0. The fourth-order valence-corrected chi connectivity index (χ4v) is 7.12. The molecule has 7 rings (SSSR count). The Balaban J connectivity index is 1.69. The molecule has 6 aromatic carbocycles. The number of hydrogen-bond acceptors (Lipinski definition) is 0.